The molecule has 1 heterocycles. The van der Waals surface area contributed by atoms with Crippen molar-refractivity contribution in [3.05, 3.63) is 243 Å². The molecule has 0 radical (unpaired) electrons. The predicted octanol–water partition coefficient (Wildman–Crippen LogP) is 18.0. The van der Waals surface area contributed by atoms with Crippen LogP contribution in [0.15, 0.2) is 243 Å². The lowest BCUT2D eigenvalue weighted by Crippen LogP contribution is -1.93. The lowest BCUT2D eigenvalue weighted by Gasteiger charge is -2.21. The maximum absolute atomic E-state index is 2.49. The van der Waals surface area contributed by atoms with Gasteiger partial charge in [-0.2, -0.15) is 0 Å². The van der Waals surface area contributed by atoms with Crippen LogP contribution in [0.3, 0.4) is 0 Å². The molecule has 0 unspecified atom stereocenters. The van der Waals surface area contributed by atoms with Crippen LogP contribution in [-0.2, 0) is 0 Å². The van der Waals surface area contributed by atoms with Crippen LogP contribution < -0.4 is 0 Å². The SMILES string of the molecule is c1ccc(-c2ccc(-c3c(-c4ccccc4)sc4c(-c5ccccc5)c(-c5ccc6c(-c7ccccc7)c7ccccc7c(-c7ccccc7)c6c5)c5ccccc5c34)cc2)cc1. The summed E-state index contributed by atoms with van der Waals surface area (Å²) in [6.07, 6.45) is 0. The average molecular weight is 817 g/mol. The molecule has 0 bridgehead atoms. The standard InChI is InChI=1S/C62H40S/c1-6-20-41(21-7-1)42-34-36-46(37-35-42)59-60-52-33-19-18-32-51(52)57(58(45-26-12-4-13-27-45)62(60)63-61(59)47-28-14-5-15-29-47)48-38-39-53-54(40-48)56(44-24-10-3-11-25-44)50-31-17-16-30-49(50)55(53)43-22-8-2-9-23-43/h1-40H. The van der Waals surface area contributed by atoms with E-state index < -0.39 is 0 Å². The molecule has 1 heteroatoms. The third-order valence-corrected chi connectivity index (χ3v) is 13.9. The molecule has 0 saturated heterocycles. The minimum atomic E-state index is 1.20. The Kier molecular flexibility index (Phi) is 9.13. The van der Waals surface area contributed by atoms with Crippen molar-refractivity contribution >= 4 is 53.7 Å². The lowest BCUT2D eigenvalue weighted by molar-refractivity contribution is 1.61. The topological polar surface area (TPSA) is 0 Å². The summed E-state index contributed by atoms with van der Waals surface area (Å²) in [5, 5.41) is 8.81. The van der Waals surface area contributed by atoms with E-state index in [0.717, 1.165) is 0 Å². The number of thiophene rings is 1. The van der Waals surface area contributed by atoms with Gasteiger partial charge in [0, 0.05) is 26.1 Å². The second-order valence-corrected chi connectivity index (χ2v) is 17.3. The van der Waals surface area contributed by atoms with Crippen molar-refractivity contribution in [2.24, 2.45) is 0 Å². The van der Waals surface area contributed by atoms with Crippen molar-refractivity contribution in [1.82, 2.24) is 0 Å². The summed E-state index contributed by atoms with van der Waals surface area (Å²) < 4.78 is 1.29. The molecule has 12 aromatic rings. The van der Waals surface area contributed by atoms with E-state index in [1.165, 1.54) is 120 Å². The molecule has 11 aromatic carbocycles. The Bertz CT molecular complexity index is 3610. The first-order valence-electron chi connectivity index (χ1n) is 21.7. The molecule has 0 saturated carbocycles. The second kappa shape index (κ2) is 15.6. The Morgan fingerprint density at radius 2 is 0.556 bits per heavy atom. The van der Waals surface area contributed by atoms with Crippen molar-refractivity contribution in [1.29, 1.82) is 0 Å². The van der Waals surface area contributed by atoms with Crippen LogP contribution >= 0.6 is 11.3 Å². The molecule has 0 nitrogen and oxygen atoms in total. The zero-order valence-corrected chi connectivity index (χ0v) is 35.3. The first kappa shape index (κ1) is 37.0. The van der Waals surface area contributed by atoms with Gasteiger partial charge in [-0.3, -0.25) is 0 Å². The Morgan fingerprint density at radius 3 is 1.10 bits per heavy atom. The Balaban J connectivity index is 1.21. The quantitative estimate of drug-likeness (QED) is 0.141. The highest BCUT2D eigenvalue weighted by molar-refractivity contribution is 7.24. The number of hydrogen-bond acceptors (Lipinski definition) is 1. The van der Waals surface area contributed by atoms with Gasteiger partial charge in [-0.25, -0.2) is 0 Å². The largest absolute Gasteiger partial charge is 0.134 e. The maximum Gasteiger partial charge on any atom is 0.0446 e. The molecule has 0 aliphatic heterocycles. The van der Waals surface area contributed by atoms with Crippen LogP contribution in [-0.4, -0.2) is 0 Å². The zero-order chi connectivity index (χ0) is 41.7. The zero-order valence-electron chi connectivity index (χ0n) is 34.5. The highest BCUT2D eigenvalue weighted by Gasteiger charge is 2.26. The minimum absolute atomic E-state index is 1.20. The van der Waals surface area contributed by atoms with E-state index in [2.05, 4.69) is 243 Å². The third-order valence-electron chi connectivity index (χ3n) is 12.7. The van der Waals surface area contributed by atoms with Gasteiger partial charge in [-0.05, 0) is 99.6 Å². The Morgan fingerprint density at radius 1 is 0.206 bits per heavy atom. The summed E-state index contributed by atoms with van der Waals surface area (Å²) >= 11 is 1.92. The van der Waals surface area contributed by atoms with E-state index in [1.54, 1.807) is 0 Å². The molecule has 12 rings (SSSR count). The van der Waals surface area contributed by atoms with Gasteiger partial charge in [-0.1, -0.05) is 237 Å². The molecular formula is C62H40S. The number of fused-ring (bicyclic) bond motifs is 5. The molecule has 0 aliphatic carbocycles. The molecule has 0 amide bonds. The van der Waals surface area contributed by atoms with Gasteiger partial charge in [0.05, 0.1) is 0 Å². The molecule has 63 heavy (non-hydrogen) atoms. The van der Waals surface area contributed by atoms with Crippen LogP contribution in [0, 0.1) is 0 Å². The molecule has 1 aromatic heterocycles. The Labute approximate surface area is 371 Å². The normalized spacial score (nSPS) is 11.5. The van der Waals surface area contributed by atoms with Gasteiger partial charge >= 0.3 is 0 Å². The molecule has 0 atom stereocenters. The molecule has 294 valence electrons. The van der Waals surface area contributed by atoms with E-state index in [1.807, 2.05) is 11.3 Å². The van der Waals surface area contributed by atoms with E-state index in [4.69, 9.17) is 0 Å². The maximum atomic E-state index is 2.49. The lowest BCUT2D eigenvalue weighted by atomic mass is 9.82. The van der Waals surface area contributed by atoms with Crippen LogP contribution in [0.4, 0.5) is 0 Å². The second-order valence-electron chi connectivity index (χ2n) is 16.3. The number of rotatable bonds is 7. The monoisotopic (exact) mass is 816 g/mol. The van der Waals surface area contributed by atoms with Gasteiger partial charge in [0.15, 0.2) is 0 Å². The van der Waals surface area contributed by atoms with E-state index in [0.29, 0.717) is 0 Å². The number of benzene rings is 11. The Hall–Kier alpha value is -7.84. The minimum Gasteiger partial charge on any atom is -0.134 e. The molecule has 0 fully saturated rings. The van der Waals surface area contributed by atoms with Crippen molar-refractivity contribution in [3.63, 3.8) is 0 Å². The van der Waals surface area contributed by atoms with Gasteiger partial charge in [0.25, 0.3) is 0 Å². The first-order valence-corrected chi connectivity index (χ1v) is 22.5. The van der Waals surface area contributed by atoms with Gasteiger partial charge in [-0.15, -0.1) is 11.3 Å². The van der Waals surface area contributed by atoms with Crippen molar-refractivity contribution < 1.29 is 0 Å². The molecule has 0 aliphatic rings. The average Bonchev–Trinajstić information content (AvgIpc) is 3.77. The fraction of sp³-hybridized carbons (Fsp3) is 0. The fourth-order valence-corrected chi connectivity index (χ4v) is 11.3. The molecular weight excluding hydrogens is 777 g/mol. The van der Waals surface area contributed by atoms with E-state index >= 15 is 0 Å². The molecule has 0 N–H and O–H groups in total. The smallest absolute Gasteiger partial charge is 0.0446 e. The number of hydrogen-bond donors (Lipinski definition) is 0. The van der Waals surface area contributed by atoms with E-state index in [-0.39, 0.29) is 0 Å². The van der Waals surface area contributed by atoms with Gasteiger partial charge < -0.3 is 0 Å². The highest BCUT2D eigenvalue weighted by atomic mass is 32.1. The van der Waals surface area contributed by atoms with Crippen molar-refractivity contribution in [3.8, 4) is 77.2 Å². The summed E-state index contributed by atoms with van der Waals surface area (Å²) in [4.78, 5) is 1.28. The summed E-state index contributed by atoms with van der Waals surface area (Å²) in [7, 11) is 0. The molecule has 0 spiro atoms. The van der Waals surface area contributed by atoms with Crippen LogP contribution in [0.2, 0.25) is 0 Å². The van der Waals surface area contributed by atoms with Crippen LogP contribution in [0.1, 0.15) is 0 Å². The summed E-state index contributed by atoms with van der Waals surface area (Å²) in [6, 6.07) is 89.1. The van der Waals surface area contributed by atoms with Crippen LogP contribution in [0.5, 0.6) is 0 Å². The third kappa shape index (κ3) is 6.28. The summed E-state index contributed by atoms with van der Waals surface area (Å²) in [5.74, 6) is 0. The van der Waals surface area contributed by atoms with Gasteiger partial charge in [0.1, 0.15) is 0 Å². The van der Waals surface area contributed by atoms with Gasteiger partial charge in [0.2, 0.25) is 0 Å². The fourth-order valence-electron chi connectivity index (χ4n) is 9.91. The summed E-state index contributed by atoms with van der Waals surface area (Å²) in [6.45, 7) is 0. The van der Waals surface area contributed by atoms with E-state index in [9.17, 15) is 0 Å². The van der Waals surface area contributed by atoms with Crippen molar-refractivity contribution in [2.45, 2.75) is 0 Å². The van der Waals surface area contributed by atoms with Crippen molar-refractivity contribution in [2.75, 3.05) is 0 Å². The predicted molar refractivity (Wildman–Crippen MR) is 272 cm³/mol. The summed E-state index contributed by atoms with van der Waals surface area (Å²) in [5.41, 5.74) is 16.1. The highest BCUT2D eigenvalue weighted by Crippen LogP contribution is 2.55. The first-order chi connectivity index (χ1) is 31.3. The van der Waals surface area contributed by atoms with Crippen LogP contribution in [0.25, 0.3) is 120 Å².